The van der Waals surface area contributed by atoms with Gasteiger partial charge in [-0.3, -0.25) is 4.72 Å². The van der Waals surface area contributed by atoms with Crippen molar-refractivity contribution in [3.8, 4) is 5.75 Å². The molecule has 114 valence electrons. The van der Waals surface area contributed by atoms with E-state index in [-0.39, 0.29) is 5.75 Å². The van der Waals surface area contributed by atoms with Crippen molar-refractivity contribution in [3.05, 3.63) is 23.2 Å². The van der Waals surface area contributed by atoms with Gasteiger partial charge < -0.3 is 4.74 Å². The molecule has 0 aliphatic rings. The zero-order valence-electron chi connectivity index (χ0n) is 11.4. The first-order valence-electron chi connectivity index (χ1n) is 6.47. The number of rotatable bonds is 9. The predicted octanol–water partition coefficient (Wildman–Crippen LogP) is 3.89. The molecule has 0 heterocycles. The van der Waals surface area contributed by atoms with Gasteiger partial charge in [0.05, 0.1) is 23.1 Å². The fraction of sp³-hybridized carbons (Fsp3) is 0.538. The van der Waals surface area contributed by atoms with Gasteiger partial charge in [0.15, 0.2) is 0 Å². The Labute approximate surface area is 130 Å². The summed E-state index contributed by atoms with van der Waals surface area (Å²) in [4.78, 5) is 0. The summed E-state index contributed by atoms with van der Waals surface area (Å²) in [6.45, 7) is 2.57. The zero-order valence-corrected chi connectivity index (χ0v) is 13.7. The molecule has 4 nitrogen and oxygen atoms in total. The van der Waals surface area contributed by atoms with E-state index in [1.54, 1.807) is 18.2 Å². The summed E-state index contributed by atoms with van der Waals surface area (Å²) in [7, 11) is -3.36. The Balaban J connectivity index is 2.66. The van der Waals surface area contributed by atoms with Gasteiger partial charge in [0.2, 0.25) is 10.0 Å². The average Bonchev–Trinajstić information content (AvgIpc) is 2.37. The van der Waals surface area contributed by atoms with Crippen LogP contribution in [0.15, 0.2) is 18.2 Å². The number of sulfonamides is 1. The molecule has 0 saturated carbocycles. The van der Waals surface area contributed by atoms with Gasteiger partial charge >= 0.3 is 0 Å². The lowest BCUT2D eigenvalue weighted by Crippen LogP contribution is -2.16. The summed E-state index contributed by atoms with van der Waals surface area (Å²) in [6, 6.07) is 4.84. The summed E-state index contributed by atoms with van der Waals surface area (Å²) in [6.07, 6.45) is 2.09. The van der Waals surface area contributed by atoms with Gasteiger partial charge in [-0.1, -0.05) is 18.5 Å². The highest BCUT2D eigenvalue weighted by Gasteiger charge is 2.11. The molecule has 1 aromatic carbocycles. The van der Waals surface area contributed by atoms with Crippen molar-refractivity contribution >= 4 is 38.9 Å². The lowest BCUT2D eigenvalue weighted by atomic mass is 10.3. The highest BCUT2D eigenvalue weighted by atomic mass is 35.5. The normalized spacial score (nSPS) is 11.3. The van der Waals surface area contributed by atoms with Crippen LogP contribution in [0.3, 0.4) is 0 Å². The Morgan fingerprint density at radius 3 is 2.65 bits per heavy atom. The second-order valence-electron chi connectivity index (χ2n) is 4.31. The summed E-state index contributed by atoms with van der Waals surface area (Å²) in [5, 5.41) is 0.388. The molecule has 0 unspecified atom stereocenters. The van der Waals surface area contributed by atoms with Crippen LogP contribution in [0.4, 0.5) is 5.69 Å². The summed E-state index contributed by atoms with van der Waals surface area (Å²) < 4.78 is 31.5. The number of ether oxygens (including phenoxy) is 1. The van der Waals surface area contributed by atoms with E-state index in [1.807, 2.05) is 6.92 Å². The fourth-order valence-corrected chi connectivity index (χ4v) is 3.11. The number of unbranched alkanes of at least 4 members (excludes halogenated alkanes) is 1. The van der Waals surface area contributed by atoms with Gasteiger partial charge in [-0.25, -0.2) is 8.42 Å². The van der Waals surface area contributed by atoms with Gasteiger partial charge in [0.1, 0.15) is 5.75 Å². The van der Waals surface area contributed by atoms with Crippen molar-refractivity contribution in [1.29, 1.82) is 0 Å². The predicted molar refractivity (Wildman–Crippen MR) is 84.6 cm³/mol. The highest BCUT2D eigenvalue weighted by Crippen LogP contribution is 2.28. The first kappa shape index (κ1) is 17.4. The molecule has 1 N–H and O–H groups in total. The molecule has 0 radical (unpaired) electrons. The van der Waals surface area contributed by atoms with Crippen LogP contribution in [0.1, 0.15) is 26.2 Å². The zero-order chi connectivity index (χ0) is 15.0. The molecular weight excluding hydrogens is 321 g/mol. The average molecular weight is 340 g/mol. The third kappa shape index (κ3) is 6.20. The molecule has 20 heavy (non-hydrogen) atoms. The first-order valence-corrected chi connectivity index (χ1v) is 9.04. The van der Waals surface area contributed by atoms with E-state index < -0.39 is 10.0 Å². The molecule has 0 aromatic heterocycles. The van der Waals surface area contributed by atoms with E-state index in [1.165, 1.54) is 0 Å². The van der Waals surface area contributed by atoms with E-state index in [0.717, 1.165) is 6.42 Å². The van der Waals surface area contributed by atoms with Crippen LogP contribution in [-0.4, -0.2) is 26.7 Å². The van der Waals surface area contributed by atoms with Gasteiger partial charge in [0.25, 0.3) is 0 Å². The topological polar surface area (TPSA) is 55.4 Å². The molecule has 0 saturated heterocycles. The minimum Gasteiger partial charge on any atom is -0.492 e. The van der Waals surface area contributed by atoms with Crippen LogP contribution in [0.2, 0.25) is 5.02 Å². The summed E-state index contributed by atoms with van der Waals surface area (Å²) in [5.41, 5.74) is 0.435. The molecular formula is C13H19Cl2NO3S. The standard InChI is InChI=1S/C13H19Cl2NO3S/c1-2-8-19-13-6-5-11(10-12(13)15)16-20(17,18)9-4-3-7-14/h5-6,10,16H,2-4,7-9H2,1H3. The van der Waals surface area contributed by atoms with Gasteiger partial charge in [-0.15, -0.1) is 11.6 Å². The number of anilines is 1. The van der Waals surface area contributed by atoms with Gasteiger partial charge in [-0.2, -0.15) is 0 Å². The quantitative estimate of drug-likeness (QED) is 0.548. The smallest absolute Gasteiger partial charge is 0.232 e. The molecule has 0 amide bonds. The van der Waals surface area contributed by atoms with E-state index in [9.17, 15) is 8.42 Å². The molecule has 0 aliphatic carbocycles. The Bertz CT molecular complexity index is 520. The summed E-state index contributed by atoms with van der Waals surface area (Å²) >= 11 is 11.6. The van der Waals surface area contributed by atoms with Crippen LogP contribution < -0.4 is 9.46 Å². The van der Waals surface area contributed by atoms with Crippen LogP contribution in [0.5, 0.6) is 5.75 Å². The second-order valence-corrected chi connectivity index (χ2v) is 6.94. The van der Waals surface area contributed by atoms with Gasteiger partial charge in [0, 0.05) is 5.88 Å². The molecule has 0 atom stereocenters. The molecule has 1 rings (SSSR count). The van der Waals surface area contributed by atoms with E-state index >= 15 is 0 Å². The van der Waals surface area contributed by atoms with Crippen LogP contribution in [0.25, 0.3) is 0 Å². The largest absolute Gasteiger partial charge is 0.492 e. The van der Waals surface area contributed by atoms with E-state index in [4.69, 9.17) is 27.9 Å². The van der Waals surface area contributed by atoms with Crippen LogP contribution in [0, 0.1) is 0 Å². The van der Waals surface area contributed by atoms with Gasteiger partial charge in [-0.05, 0) is 37.5 Å². The molecule has 0 fully saturated rings. The maximum Gasteiger partial charge on any atom is 0.232 e. The van der Waals surface area contributed by atoms with Crippen molar-refractivity contribution in [2.45, 2.75) is 26.2 Å². The highest BCUT2D eigenvalue weighted by molar-refractivity contribution is 7.92. The molecule has 0 spiro atoms. The number of halogens is 2. The van der Waals surface area contributed by atoms with E-state index in [0.29, 0.717) is 41.8 Å². The number of hydrogen-bond donors (Lipinski definition) is 1. The van der Waals surface area contributed by atoms with E-state index in [2.05, 4.69) is 4.72 Å². The maximum atomic E-state index is 11.8. The third-order valence-electron chi connectivity index (χ3n) is 2.46. The van der Waals surface area contributed by atoms with Crippen LogP contribution >= 0.6 is 23.2 Å². The van der Waals surface area contributed by atoms with Crippen molar-refractivity contribution < 1.29 is 13.2 Å². The lowest BCUT2D eigenvalue weighted by Gasteiger charge is -2.11. The Morgan fingerprint density at radius 2 is 2.05 bits per heavy atom. The first-order chi connectivity index (χ1) is 9.48. The number of alkyl halides is 1. The number of nitrogens with one attached hydrogen (secondary N) is 1. The molecule has 1 aromatic rings. The van der Waals surface area contributed by atoms with Crippen molar-refractivity contribution in [2.24, 2.45) is 0 Å². The Hall–Kier alpha value is -0.650. The number of hydrogen-bond acceptors (Lipinski definition) is 3. The number of benzene rings is 1. The second kappa shape index (κ2) is 8.60. The third-order valence-corrected chi connectivity index (χ3v) is 4.40. The SMILES string of the molecule is CCCOc1ccc(NS(=O)(=O)CCCCCl)cc1Cl. The van der Waals surface area contributed by atoms with Crippen LogP contribution in [-0.2, 0) is 10.0 Å². The minimum atomic E-state index is -3.36. The monoisotopic (exact) mass is 339 g/mol. The molecule has 7 heteroatoms. The van der Waals surface area contributed by atoms with Crippen molar-refractivity contribution in [1.82, 2.24) is 0 Å². The maximum absolute atomic E-state index is 11.8. The summed E-state index contributed by atoms with van der Waals surface area (Å²) in [5.74, 6) is 1.06. The Morgan fingerprint density at radius 1 is 1.30 bits per heavy atom. The van der Waals surface area contributed by atoms with Crippen molar-refractivity contribution in [2.75, 3.05) is 23.0 Å². The Kier molecular flexibility index (Phi) is 7.48. The lowest BCUT2D eigenvalue weighted by molar-refractivity contribution is 0.317. The minimum absolute atomic E-state index is 0.0470. The molecule has 0 bridgehead atoms. The molecule has 0 aliphatic heterocycles. The van der Waals surface area contributed by atoms with Crippen molar-refractivity contribution in [3.63, 3.8) is 0 Å². The fourth-order valence-electron chi connectivity index (χ4n) is 1.51.